The highest BCUT2D eigenvalue weighted by Crippen LogP contribution is 2.30. The molecule has 82 valence electrons. The molecule has 0 unspecified atom stereocenters. The molecule has 0 amide bonds. The zero-order valence-corrected chi connectivity index (χ0v) is 12.8. The Balaban J connectivity index is 3.20. The standard InChI is InChI=1S/C10H9Br3O2/c1-2-15-10(14)8-7(12)4-3-6(5-11)9(8)13/h3-4H,2,5H2,1H3. The molecule has 5 heteroatoms. The van der Waals surface area contributed by atoms with Gasteiger partial charge in [-0.3, -0.25) is 0 Å². The van der Waals surface area contributed by atoms with Crippen LogP contribution in [0.4, 0.5) is 0 Å². The van der Waals surface area contributed by atoms with E-state index in [1.165, 1.54) is 0 Å². The Bertz CT molecular complexity index is 377. The number of alkyl halides is 1. The summed E-state index contributed by atoms with van der Waals surface area (Å²) < 4.78 is 6.48. The van der Waals surface area contributed by atoms with Crippen LogP contribution in [0.5, 0.6) is 0 Å². The summed E-state index contributed by atoms with van der Waals surface area (Å²) in [4.78, 5) is 11.7. The van der Waals surface area contributed by atoms with Gasteiger partial charge in [-0.05, 0) is 50.4 Å². The summed E-state index contributed by atoms with van der Waals surface area (Å²) in [5.41, 5.74) is 1.55. The molecule has 0 radical (unpaired) electrons. The summed E-state index contributed by atoms with van der Waals surface area (Å²) in [5, 5.41) is 0.688. The second-order valence-corrected chi connectivity index (χ2v) is 4.96. The van der Waals surface area contributed by atoms with E-state index < -0.39 is 0 Å². The highest BCUT2D eigenvalue weighted by molar-refractivity contribution is 9.11. The largest absolute Gasteiger partial charge is 0.462 e. The van der Waals surface area contributed by atoms with E-state index in [1.54, 1.807) is 6.92 Å². The van der Waals surface area contributed by atoms with E-state index in [0.29, 0.717) is 17.5 Å². The monoisotopic (exact) mass is 398 g/mol. The van der Waals surface area contributed by atoms with E-state index in [4.69, 9.17) is 4.74 Å². The summed E-state index contributed by atoms with van der Waals surface area (Å²) in [5.74, 6) is -0.320. The van der Waals surface area contributed by atoms with Crippen LogP contribution in [-0.4, -0.2) is 12.6 Å². The first kappa shape index (κ1) is 13.2. The lowest BCUT2D eigenvalue weighted by Gasteiger charge is -2.09. The van der Waals surface area contributed by atoms with Gasteiger partial charge in [0.15, 0.2) is 0 Å². The van der Waals surface area contributed by atoms with Crippen molar-refractivity contribution < 1.29 is 9.53 Å². The first-order valence-corrected chi connectivity index (χ1v) is 7.02. The Labute approximate surface area is 114 Å². The predicted molar refractivity (Wildman–Crippen MR) is 70.4 cm³/mol. The fourth-order valence-corrected chi connectivity index (χ4v) is 3.34. The number of esters is 1. The van der Waals surface area contributed by atoms with Crippen LogP contribution in [0.3, 0.4) is 0 Å². The molecule has 0 heterocycles. The minimum absolute atomic E-state index is 0.320. The molecular weight excluding hydrogens is 392 g/mol. The summed E-state index contributed by atoms with van der Waals surface area (Å²) >= 11 is 10.1. The summed E-state index contributed by atoms with van der Waals surface area (Å²) in [7, 11) is 0. The topological polar surface area (TPSA) is 26.3 Å². The smallest absolute Gasteiger partial charge is 0.340 e. The van der Waals surface area contributed by atoms with Gasteiger partial charge in [-0.25, -0.2) is 4.79 Å². The molecule has 0 spiro atoms. The molecule has 0 bridgehead atoms. The zero-order valence-electron chi connectivity index (χ0n) is 8.02. The number of benzene rings is 1. The molecule has 0 N–H and O–H groups in total. The third kappa shape index (κ3) is 3.04. The van der Waals surface area contributed by atoms with Gasteiger partial charge in [-0.1, -0.05) is 22.0 Å². The van der Waals surface area contributed by atoms with Crippen LogP contribution >= 0.6 is 47.8 Å². The van der Waals surface area contributed by atoms with Crippen molar-refractivity contribution in [2.45, 2.75) is 12.3 Å². The molecule has 0 aromatic heterocycles. The molecule has 1 aromatic carbocycles. The Morgan fingerprint density at radius 2 is 2.07 bits per heavy atom. The van der Waals surface area contributed by atoms with Crippen LogP contribution in [0.2, 0.25) is 0 Å². The van der Waals surface area contributed by atoms with Gasteiger partial charge in [0.05, 0.1) is 12.2 Å². The van der Waals surface area contributed by atoms with E-state index in [2.05, 4.69) is 47.8 Å². The molecule has 0 atom stereocenters. The number of carbonyl (C=O) groups is 1. The number of carbonyl (C=O) groups excluding carboxylic acids is 1. The quantitative estimate of drug-likeness (QED) is 0.559. The van der Waals surface area contributed by atoms with Crippen molar-refractivity contribution in [3.05, 3.63) is 32.2 Å². The lowest BCUT2D eigenvalue weighted by molar-refractivity contribution is 0.0524. The first-order valence-electron chi connectivity index (χ1n) is 4.31. The van der Waals surface area contributed by atoms with Crippen LogP contribution < -0.4 is 0 Å². The van der Waals surface area contributed by atoms with Crippen LogP contribution in [-0.2, 0) is 10.1 Å². The fraction of sp³-hybridized carbons (Fsp3) is 0.300. The van der Waals surface area contributed by atoms with Crippen molar-refractivity contribution in [2.75, 3.05) is 6.61 Å². The number of hydrogen-bond donors (Lipinski definition) is 0. The van der Waals surface area contributed by atoms with E-state index in [1.807, 2.05) is 12.1 Å². The second-order valence-electron chi connectivity index (χ2n) is 2.75. The number of rotatable bonds is 3. The fourth-order valence-electron chi connectivity index (χ4n) is 1.09. The maximum atomic E-state index is 11.7. The van der Waals surface area contributed by atoms with Crippen LogP contribution in [0, 0.1) is 0 Å². The maximum absolute atomic E-state index is 11.7. The van der Waals surface area contributed by atoms with Crippen LogP contribution in [0.25, 0.3) is 0 Å². The Hall–Kier alpha value is 0.130. The van der Waals surface area contributed by atoms with Gasteiger partial charge in [0, 0.05) is 14.3 Å². The molecule has 0 saturated heterocycles. The van der Waals surface area contributed by atoms with Crippen molar-refractivity contribution >= 4 is 53.8 Å². The van der Waals surface area contributed by atoms with Gasteiger partial charge in [0.1, 0.15) is 0 Å². The van der Waals surface area contributed by atoms with E-state index in [9.17, 15) is 4.79 Å². The van der Waals surface area contributed by atoms with Crippen molar-refractivity contribution in [3.63, 3.8) is 0 Å². The molecule has 2 nitrogen and oxygen atoms in total. The molecule has 0 aliphatic rings. The van der Waals surface area contributed by atoms with E-state index in [0.717, 1.165) is 14.5 Å². The lowest BCUT2D eigenvalue weighted by Crippen LogP contribution is -2.07. The first-order chi connectivity index (χ1) is 7.11. The highest BCUT2D eigenvalue weighted by atomic mass is 79.9. The minimum Gasteiger partial charge on any atom is -0.462 e. The molecule has 15 heavy (non-hydrogen) atoms. The van der Waals surface area contributed by atoms with Crippen molar-refractivity contribution in [3.8, 4) is 0 Å². The summed E-state index contributed by atoms with van der Waals surface area (Å²) in [6.07, 6.45) is 0. The number of hydrogen-bond acceptors (Lipinski definition) is 2. The Morgan fingerprint density at radius 1 is 1.40 bits per heavy atom. The van der Waals surface area contributed by atoms with Gasteiger partial charge in [-0.2, -0.15) is 0 Å². The van der Waals surface area contributed by atoms with Crippen LogP contribution in [0.1, 0.15) is 22.8 Å². The van der Waals surface area contributed by atoms with Gasteiger partial charge in [0.25, 0.3) is 0 Å². The Morgan fingerprint density at radius 3 is 2.60 bits per heavy atom. The molecule has 0 saturated carbocycles. The normalized spacial score (nSPS) is 10.1. The molecule has 1 rings (SSSR count). The highest BCUT2D eigenvalue weighted by Gasteiger charge is 2.17. The SMILES string of the molecule is CCOC(=O)c1c(Br)ccc(CBr)c1Br. The van der Waals surface area contributed by atoms with Crippen molar-refractivity contribution in [1.29, 1.82) is 0 Å². The average molecular weight is 401 g/mol. The van der Waals surface area contributed by atoms with Crippen molar-refractivity contribution in [1.82, 2.24) is 0 Å². The Kier molecular flexibility index (Phi) is 5.29. The van der Waals surface area contributed by atoms with Gasteiger partial charge >= 0.3 is 5.97 Å². The van der Waals surface area contributed by atoms with Gasteiger partial charge < -0.3 is 4.74 Å². The molecule has 0 aliphatic heterocycles. The third-order valence-electron chi connectivity index (χ3n) is 1.79. The summed E-state index contributed by atoms with van der Waals surface area (Å²) in [6.45, 7) is 2.16. The van der Waals surface area contributed by atoms with Crippen molar-refractivity contribution in [2.24, 2.45) is 0 Å². The number of halogens is 3. The van der Waals surface area contributed by atoms with E-state index >= 15 is 0 Å². The molecule has 1 aromatic rings. The number of ether oxygens (including phenoxy) is 1. The van der Waals surface area contributed by atoms with Gasteiger partial charge in [-0.15, -0.1) is 0 Å². The molecular formula is C10H9Br3O2. The van der Waals surface area contributed by atoms with Gasteiger partial charge in [0.2, 0.25) is 0 Å². The lowest BCUT2D eigenvalue weighted by atomic mass is 10.1. The predicted octanol–water partition coefficient (Wildman–Crippen LogP) is 4.28. The maximum Gasteiger partial charge on any atom is 0.340 e. The second kappa shape index (κ2) is 6.01. The van der Waals surface area contributed by atoms with Crippen LogP contribution in [0.15, 0.2) is 21.1 Å². The molecule has 0 aliphatic carbocycles. The zero-order chi connectivity index (χ0) is 11.4. The average Bonchev–Trinajstić information content (AvgIpc) is 2.18. The summed E-state index contributed by atoms with van der Waals surface area (Å²) in [6, 6.07) is 3.78. The third-order valence-corrected chi connectivity index (χ3v) is 3.97. The minimum atomic E-state index is -0.320. The van der Waals surface area contributed by atoms with E-state index in [-0.39, 0.29) is 5.97 Å². The molecule has 0 fully saturated rings.